The average Bonchev–Trinajstić information content (AvgIpc) is 2.29. The van der Waals surface area contributed by atoms with Gasteiger partial charge in [0.05, 0.1) is 18.5 Å². The molecular weight excluding hydrogens is 218 g/mol. The summed E-state index contributed by atoms with van der Waals surface area (Å²) in [5.74, 6) is 1.13. The van der Waals surface area contributed by atoms with E-state index in [4.69, 9.17) is 0 Å². The zero-order valence-corrected chi connectivity index (χ0v) is 10.1. The van der Waals surface area contributed by atoms with Crippen LogP contribution < -0.4 is 10.9 Å². The number of aromatic nitrogens is 2. The van der Waals surface area contributed by atoms with E-state index in [-0.39, 0.29) is 17.7 Å². The Kier molecular flexibility index (Phi) is 3.47. The van der Waals surface area contributed by atoms with Gasteiger partial charge in [-0.15, -0.1) is 0 Å². The van der Waals surface area contributed by atoms with Gasteiger partial charge in [-0.1, -0.05) is 19.8 Å². The molecule has 1 aliphatic carbocycles. The monoisotopic (exact) mass is 237 g/mol. The van der Waals surface area contributed by atoms with Crippen molar-refractivity contribution in [3.8, 4) is 0 Å². The quantitative estimate of drug-likeness (QED) is 0.736. The van der Waals surface area contributed by atoms with Crippen LogP contribution in [0.25, 0.3) is 0 Å². The first-order valence-electron chi connectivity index (χ1n) is 6.07. The summed E-state index contributed by atoms with van der Waals surface area (Å²) in [7, 11) is 0. The molecule has 0 bridgehead atoms. The third kappa shape index (κ3) is 2.85. The third-order valence-corrected chi connectivity index (χ3v) is 3.47. The Morgan fingerprint density at radius 1 is 1.71 bits per heavy atom. The summed E-state index contributed by atoms with van der Waals surface area (Å²) in [6, 6.07) is 1.43. The van der Waals surface area contributed by atoms with Crippen LogP contribution in [-0.2, 0) is 0 Å². The molecule has 0 amide bonds. The molecule has 1 aromatic heterocycles. The molecule has 1 saturated carbocycles. The molecular formula is C12H19N3O2. The third-order valence-electron chi connectivity index (χ3n) is 3.47. The van der Waals surface area contributed by atoms with Gasteiger partial charge < -0.3 is 15.4 Å². The van der Waals surface area contributed by atoms with E-state index in [1.165, 1.54) is 18.8 Å². The minimum atomic E-state index is -0.321. The van der Waals surface area contributed by atoms with Gasteiger partial charge in [0.15, 0.2) is 0 Å². The molecule has 1 aromatic rings. The summed E-state index contributed by atoms with van der Waals surface area (Å²) < 4.78 is 0. The van der Waals surface area contributed by atoms with E-state index in [2.05, 4.69) is 22.2 Å². The predicted octanol–water partition coefficient (Wildman–Crippen LogP) is 1.12. The molecule has 2 unspecified atom stereocenters. The molecule has 17 heavy (non-hydrogen) atoms. The van der Waals surface area contributed by atoms with Crippen LogP contribution in [0.3, 0.4) is 0 Å². The standard InChI is InChI=1S/C12H19N3O2/c1-9-3-2-4-12(6-9,7-16)15-10-5-11(17)14-8-13-10/h5,8-9,16H,2-4,6-7H2,1H3,(H2,13,14,15,17). The van der Waals surface area contributed by atoms with Crippen LogP contribution in [0.15, 0.2) is 17.2 Å². The maximum Gasteiger partial charge on any atom is 0.252 e. The summed E-state index contributed by atoms with van der Waals surface area (Å²) >= 11 is 0. The van der Waals surface area contributed by atoms with Crippen molar-refractivity contribution < 1.29 is 5.11 Å². The first kappa shape index (κ1) is 12.1. The molecule has 0 aliphatic heterocycles. The van der Waals surface area contributed by atoms with Crippen LogP contribution in [0.4, 0.5) is 5.82 Å². The van der Waals surface area contributed by atoms with Gasteiger partial charge in [-0.2, -0.15) is 0 Å². The molecule has 0 radical (unpaired) electrons. The molecule has 5 heteroatoms. The molecule has 1 heterocycles. The molecule has 2 rings (SSSR count). The maximum absolute atomic E-state index is 11.2. The smallest absolute Gasteiger partial charge is 0.252 e. The Labute approximate surface area is 100 Å². The molecule has 1 fully saturated rings. The molecule has 0 spiro atoms. The molecule has 2 atom stereocenters. The van der Waals surface area contributed by atoms with Crippen LogP contribution in [0, 0.1) is 5.92 Å². The zero-order chi connectivity index (χ0) is 12.3. The number of aliphatic hydroxyl groups is 1. The van der Waals surface area contributed by atoms with Gasteiger partial charge in [0.1, 0.15) is 5.82 Å². The molecule has 1 aliphatic rings. The normalized spacial score (nSPS) is 28.9. The highest BCUT2D eigenvalue weighted by atomic mass is 16.3. The van der Waals surface area contributed by atoms with Crippen LogP contribution >= 0.6 is 0 Å². The minimum Gasteiger partial charge on any atom is -0.394 e. The van der Waals surface area contributed by atoms with Crippen LogP contribution in [0.2, 0.25) is 0 Å². The number of anilines is 1. The second-order valence-corrected chi connectivity index (χ2v) is 5.06. The molecule has 3 N–H and O–H groups in total. The summed E-state index contributed by atoms with van der Waals surface area (Å²) in [5.41, 5.74) is -0.502. The van der Waals surface area contributed by atoms with Crippen molar-refractivity contribution >= 4 is 5.82 Å². The van der Waals surface area contributed by atoms with Crippen molar-refractivity contribution in [3.63, 3.8) is 0 Å². The number of nitrogens with one attached hydrogen (secondary N) is 2. The summed E-state index contributed by atoms with van der Waals surface area (Å²) in [6.07, 6.45) is 5.51. The lowest BCUT2D eigenvalue weighted by atomic mass is 9.77. The zero-order valence-electron chi connectivity index (χ0n) is 10.1. The lowest BCUT2D eigenvalue weighted by Crippen LogP contribution is -2.46. The predicted molar refractivity (Wildman–Crippen MR) is 65.9 cm³/mol. The van der Waals surface area contributed by atoms with E-state index in [1.807, 2.05) is 0 Å². The maximum atomic E-state index is 11.2. The van der Waals surface area contributed by atoms with Gasteiger partial charge in [-0.25, -0.2) is 4.98 Å². The van der Waals surface area contributed by atoms with Crippen LogP contribution in [-0.4, -0.2) is 27.2 Å². The Hall–Kier alpha value is -1.36. The van der Waals surface area contributed by atoms with Gasteiger partial charge in [0.2, 0.25) is 0 Å². The number of hydrogen-bond acceptors (Lipinski definition) is 4. The topological polar surface area (TPSA) is 78.0 Å². The van der Waals surface area contributed by atoms with Gasteiger partial charge >= 0.3 is 0 Å². The molecule has 5 nitrogen and oxygen atoms in total. The van der Waals surface area contributed by atoms with Crippen molar-refractivity contribution in [2.45, 2.75) is 38.1 Å². The lowest BCUT2D eigenvalue weighted by molar-refractivity contribution is 0.149. The Morgan fingerprint density at radius 3 is 3.18 bits per heavy atom. The number of rotatable bonds is 3. The average molecular weight is 237 g/mol. The molecule has 94 valence electrons. The SMILES string of the molecule is CC1CCCC(CO)(Nc2cc(=O)[nH]cn2)C1. The molecule has 0 saturated heterocycles. The number of aromatic amines is 1. The first-order chi connectivity index (χ1) is 8.13. The fraction of sp³-hybridized carbons (Fsp3) is 0.667. The summed E-state index contributed by atoms with van der Waals surface area (Å²) in [6.45, 7) is 2.27. The Balaban J connectivity index is 2.16. The number of nitrogens with zero attached hydrogens (tertiary/aromatic N) is 1. The Morgan fingerprint density at radius 2 is 2.53 bits per heavy atom. The van der Waals surface area contributed by atoms with Gasteiger partial charge in [0.25, 0.3) is 5.56 Å². The highest BCUT2D eigenvalue weighted by Crippen LogP contribution is 2.34. The first-order valence-corrected chi connectivity index (χ1v) is 6.07. The van der Waals surface area contributed by atoms with E-state index in [0.29, 0.717) is 11.7 Å². The largest absolute Gasteiger partial charge is 0.394 e. The Bertz CT molecular complexity index is 432. The van der Waals surface area contributed by atoms with Crippen LogP contribution in [0.5, 0.6) is 0 Å². The van der Waals surface area contributed by atoms with Gasteiger partial charge in [-0.3, -0.25) is 4.79 Å². The fourth-order valence-corrected chi connectivity index (χ4v) is 2.67. The van der Waals surface area contributed by atoms with Crippen LogP contribution in [0.1, 0.15) is 32.6 Å². The summed E-state index contributed by atoms with van der Waals surface area (Å²) in [5, 5.41) is 12.8. The van der Waals surface area contributed by atoms with E-state index in [0.717, 1.165) is 19.3 Å². The van der Waals surface area contributed by atoms with Crippen molar-refractivity contribution in [1.29, 1.82) is 0 Å². The van der Waals surface area contributed by atoms with E-state index >= 15 is 0 Å². The second-order valence-electron chi connectivity index (χ2n) is 5.06. The summed E-state index contributed by atoms with van der Waals surface area (Å²) in [4.78, 5) is 17.7. The second kappa shape index (κ2) is 4.87. The fourth-order valence-electron chi connectivity index (χ4n) is 2.67. The molecule has 0 aromatic carbocycles. The van der Waals surface area contributed by atoms with E-state index in [9.17, 15) is 9.90 Å². The number of hydrogen-bond donors (Lipinski definition) is 3. The number of aliphatic hydroxyl groups excluding tert-OH is 1. The van der Waals surface area contributed by atoms with Crippen molar-refractivity contribution in [2.24, 2.45) is 5.92 Å². The highest BCUT2D eigenvalue weighted by molar-refractivity contribution is 5.36. The van der Waals surface area contributed by atoms with Gasteiger partial charge in [-0.05, 0) is 18.8 Å². The van der Waals surface area contributed by atoms with E-state index < -0.39 is 0 Å². The highest BCUT2D eigenvalue weighted by Gasteiger charge is 2.34. The minimum absolute atomic E-state index is 0.0752. The lowest BCUT2D eigenvalue weighted by Gasteiger charge is -2.39. The van der Waals surface area contributed by atoms with Gasteiger partial charge in [0, 0.05) is 6.07 Å². The van der Waals surface area contributed by atoms with Crippen molar-refractivity contribution in [3.05, 3.63) is 22.7 Å². The van der Waals surface area contributed by atoms with Crippen molar-refractivity contribution in [2.75, 3.05) is 11.9 Å². The van der Waals surface area contributed by atoms with Crippen molar-refractivity contribution in [1.82, 2.24) is 9.97 Å². The number of H-pyrrole nitrogens is 1. The van der Waals surface area contributed by atoms with E-state index in [1.54, 1.807) is 0 Å².